The maximum Gasteiger partial charge on any atom is 0.0457 e. The lowest BCUT2D eigenvalue weighted by Crippen LogP contribution is -2.15. The molecular formula is C12H15BrN2. The first-order chi connectivity index (χ1) is 7.31. The van der Waals surface area contributed by atoms with E-state index in [-0.39, 0.29) is 0 Å². The minimum Gasteiger partial charge on any atom is -0.361 e. The second-order valence-corrected chi connectivity index (χ2v) is 4.52. The fraction of sp³-hybridized carbons (Fsp3) is 0.333. The molecule has 0 unspecified atom stereocenters. The maximum atomic E-state index is 3.50. The molecule has 2 nitrogen and oxygen atoms in total. The van der Waals surface area contributed by atoms with Crippen LogP contribution in [0.1, 0.15) is 12.5 Å². The first-order valence-electron chi connectivity index (χ1n) is 5.27. The number of H-pyrrole nitrogens is 1. The predicted molar refractivity (Wildman–Crippen MR) is 68.2 cm³/mol. The summed E-state index contributed by atoms with van der Waals surface area (Å²) in [5, 5.41) is 4.66. The number of benzene rings is 1. The number of halogens is 1. The minimum absolute atomic E-state index is 1.03. The van der Waals surface area contributed by atoms with Gasteiger partial charge in [-0.1, -0.05) is 22.9 Å². The Balaban J connectivity index is 2.23. The normalized spacial score (nSPS) is 11.1. The second kappa shape index (κ2) is 4.81. The molecule has 0 amide bonds. The lowest BCUT2D eigenvalue weighted by atomic mass is 10.1. The van der Waals surface area contributed by atoms with Crippen LogP contribution in [0.2, 0.25) is 0 Å². The zero-order valence-corrected chi connectivity index (χ0v) is 10.4. The lowest BCUT2D eigenvalue weighted by Gasteiger charge is -2.00. The Labute approximate surface area is 98.2 Å². The van der Waals surface area contributed by atoms with Gasteiger partial charge in [0, 0.05) is 21.6 Å². The summed E-state index contributed by atoms with van der Waals surface area (Å²) in [6.45, 7) is 4.20. The summed E-state index contributed by atoms with van der Waals surface area (Å²) in [4.78, 5) is 3.29. The molecule has 15 heavy (non-hydrogen) atoms. The molecule has 1 heterocycles. The van der Waals surface area contributed by atoms with Gasteiger partial charge in [-0.15, -0.1) is 0 Å². The Bertz CT molecular complexity index is 448. The summed E-state index contributed by atoms with van der Waals surface area (Å²) in [7, 11) is 0. The third-order valence-electron chi connectivity index (χ3n) is 2.55. The highest BCUT2D eigenvalue weighted by molar-refractivity contribution is 9.10. The lowest BCUT2D eigenvalue weighted by molar-refractivity contribution is 0.718. The molecule has 2 N–H and O–H groups in total. The number of likely N-dealkylation sites (N-methyl/N-ethyl adjacent to an activating group) is 1. The van der Waals surface area contributed by atoms with Crippen LogP contribution in [0.3, 0.4) is 0 Å². The average molecular weight is 267 g/mol. The third-order valence-corrected chi connectivity index (χ3v) is 3.04. The highest BCUT2D eigenvalue weighted by Gasteiger charge is 2.03. The van der Waals surface area contributed by atoms with E-state index in [9.17, 15) is 0 Å². The zero-order chi connectivity index (χ0) is 10.7. The predicted octanol–water partition coefficient (Wildman–Crippen LogP) is 3.08. The Hall–Kier alpha value is -0.800. The summed E-state index contributed by atoms with van der Waals surface area (Å²) in [6.07, 6.45) is 3.18. The molecule has 0 aliphatic heterocycles. The molecule has 1 aromatic heterocycles. The second-order valence-electron chi connectivity index (χ2n) is 3.61. The quantitative estimate of drug-likeness (QED) is 0.818. The van der Waals surface area contributed by atoms with Gasteiger partial charge in [0.25, 0.3) is 0 Å². The number of aromatic nitrogens is 1. The van der Waals surface area contributed by atoms with Gasteiger partial charge >= 0.3 is 0 Å². The fourth-order valence-electron chi connectivity index (χ4n) is 1.76. The van der Waals surface area contributed by atoms with Crippen LogP contribution in [0.25, 0.3) is 10.9 Å². The van der Waals surface area contributed by atoms with Gasteiger partial charge in [0.1, 0.15) is 0 Å². The molecule has 3 heteroatoms. The monoisotopic (exact) mass is 266 g/mol. The van der Waals surface area contributed by atoms with Crippen LogP contribution in [0.5, 0.6) is 0 Å². The fourth-order valence-corrected chi connectivity index (χ4v) is 2.12. The highest BCUT2D eigenvalue weighted by Crippen LogP contribution is 2.22. The van der Waals surface area contributed by atoms with Gasteiger partial charge in [0.05, 0.1) is 0 Å². The van der Waals surface area contributed by atoms with Crippen molar-refractivity contribution in [2.75, 3.05) is 13.1 Å². The van der Waals surface area contributed by atoms with E-state index in [1.807, 2.05) is 0 Å². The largest absolute Gasteiger partial charge is 0.361 e. The van der Waals surface area contributed by atoms with Gasteiger partial charge in [-0.25, -0.2) is 0 Å². The van der Waals surface area contributed by atoms with E-state index in [4.69, 9.17) is 0 Å². The van der Waals surface area contributed by atoms with Gasteiger partial charge in [-0.2, -0.15) is 0 Å². The van der Waals surface area contributed by atoms with Crippen LogP contribution in [0.15, 0.2) is 28.9 Å². The molecule has 0 atom stereocenters. The molecule has 2 rings (SSSR count). The third kappa shape index (κ3) is 2.41. The van der Waals surface area contributed by atoms with Crippen LogP contribution in [0, 0.1) is 0 Å². The van der Waals surface area contributed by atoms with E-state index in [1.54, 1.807) is 0 Å². The average Bonchev–Trinajstić information content (AvgIpc) is 2.62. The molecule has 0 radical (unpaired) electrons. The standard InChI is InChI=1S/C12H15BrN2/c1-2-14-6-5-9-8-15-12-4-3-10(13)7-11(9)12/h3-4,7-8,14-15H,2,5-6H2,1H3. The summed E-state index contributed by atoms with van der Waals surface area (Å²) >= 11 is 3.50. The van der Waals surface area contributed by atoms with Crippen molar-refractivity contribution in [1.82, 2.24) is 10.3 Å². The van der Waals surface area contributed by atoms with Crippen LogP contribution >= 0.6 is 15.9 Å². The SMILES string of the molecule is CCNCCc1c[nH]c2ccc(Br)cc12. The maximum absolute atomic E-state index is 3.50. The summed E-state index contributed by atoms with van der Waals surface area (Å²) in [5.41, 5.74) is 2.59. The molecule has 0 saturated carbocycles. The van der Waals surface area contributed by atoms with E-state index in [0.717, 1.165) is 24.0 Å². The number of aromatic amines is 1. The Kier molecular flexibility index (Phi) is 3.44. The molecule has 0 bridgehead atoms. The molecule has 0 spiro atoms. The van der Waals surface area contributed by atoms with Crippen LogP contribution in [-0.2, 0) is 6.42 Å². The number of fused-ring (bicyclic) bond motifs is 1. The first-order valence-corrected chi connectivity index (χ1v) is 6.07. The summed E-state index contributed by atoms with van der Waals surface area (Å²) in [5.74, 6) is 0. The molecular weight excluding hydrogens is 252 g/mol. The molecule has 0 aliphatic rings. The van der Waals surface area contributed by atoms with Gasteiger partial charge < -0.3 is 10.3 Å². The number of hydrogen-bond acceptors (Lipinski definition) is 1. The van der Waals surface area contributed by atoms with Gasteiger partial charge in [0.15, 0.2) is 0 Å². The summed E-state index contributed by atoms with van der Waals surface area (Å²) < 4.78 is 1.14. The van der Waals surface area contributed by atoms with Gasteiger partial charge in [0.2, 0.25) is 0 Å². The van der Waals surface area contributed by atoms with Crippen molar-refractivity contribution < 1.29 is 0 Å². The molecule has 0 aliphatic carbocycles. The van der Waals surface area contributed by atoms with Crippen LogP contribution < -0.4 is 5.32 Å². The molecule has 0 saturated heterocycles. The van der Waals surface area contributed by atoms with E-state index in [0.29, 0.717) is 0 Å². The molecule has 80 valence electrons. The Morgan fingerprint density at radius 3 is 3.07 bits per heavy atom. The summed E-state index contributed by atoms with van der Waals surface area (Å²) in [6, 6.07) is 6.34. The van der Waals surface area contributed by atoms with Gasteiger partial charge in [-0.05, 0) is 43.3 Å². The van der Waals surface area contributed by atoms with Crippen molar-refractivity contribution in [1.29, 1.82) is 0 Å². The van der Waals surface area contributed by atoms with Crippen LogP contribution in [-0.4, -0.2) is 18.1 Å². The zero-order valence-electron chi connectivity index (χ0n) is 8.81. The molecule has 0 fully saturated rings. The molecule has 2 aromatic rings. The topological polar surface area (TPSA) is 27.8 Å². The van der Waals surface area contributed by atoms with E-state index in [2.05, 4.69) is 57.6 Å². The Morgan fingerprint density at radius 1 is 1.40 bits per heavy atom. The highest BCUT2D eigenvalue weighted by atomic mass is 79.9. The van der Waals surface area contributed by atoms with Crippen molar-refractivity contribution in [3.05, 3.63) is 34.4 Å². The van der Waals surface area contributed by atoms with E-state index >= 15 is 0 Å². The van der Waals surface area contributed by atoms with Crippen molar-refractivity contribution in [3.8, 4) is 0 Å². The number of rotatable bonds is 4. The molecule has 1 aromatic carbocycles. The van der Waals surface area contributed by atoms with Crippen molar-refractivity contribution in [3.63, 3.8) is 0 Å². The first kappa shape index (κ1) is 10.7. The Morgan fingerprint density at radius 2 is 2.27 bits per heavy atom. The van der Waals surface area contributed by atoms with Crippen molar-refractivity contribution >= 4 is 26.8 Å². The van der Waals surface area contributed by atoms with Crippen molar-refractivity contribution in [2.24, 2.45) is 0 Å². The van der Waals surface area contributed by atoms with E-state index < -0.39 is 0 Å². The van der Waals surface area contributed by atoms with Crippen LogP contribution in [0.4, 0.5) is 0 Å². The van der Waals surface area contributed by atoms with Crippen molar-refractivity contribution in [2.45, 2.75) is 13.3 Å². The van der Waals surface area contributed by atoms with E-state index in [1.165, 1.54) is 16.5 Å². The smallest absolute Gasteiger partial charge is 0.0457 e. The number of nitrogens with one attached hydrogen (secondary N) is 2. The minimum atomic E-state index is 1.03. The van der Waals surface area contributed by atoms with Gasteiger partial charge in [-0.3, -0.25) is 0 Å². The number of hydrogen-bond donors (Lipinski definition) is 2.